The highest BCUT2D eigenvalue weighted by Crippen LogP contribution is 2.22. The van der Waals surface area contributed by atoms with Gasteiger partial charge in [0, 0.05) is 44.8 Å². The summed E-state index contributed by atoms with van der Waals surface area (Å²) in [5.41, 5.74) is 7.83. The Hall–Kier alpha value is -1.01. The first-order chi connectivity index (χ1) is 12.5. The number of ether oxygens (including phenoxy) is 1. The molecule has 2 unspecified atom stereocenters. The summed E-state index contributed by atoms with van der Waals surface area (Å²) < 4.78 is 5.82. The summed E-state index contributed by atoms with van der Waals surface area (Å²) in [5, 5.41) is 0. The predicted octanol–water partition coefficient (Wildman–Crippen LogP) is 3.39. The molecule has 160 valence electrons. The van der Waals surface area contributed by atoms with Gasteiger partial charge in [0.1, 0.15) is 0 Å². The maximum absolute atomic E-state index is 12.5. The van der Waals surface area contributed by atoms with Gasteiger partial charge in [0.25, 0.3) is 0 Å². The van der Waals surface area contributed by atoms with Gasteiger partial charge in [-0.15, -0.1) is 24.8 Å². The summed E-state index contributed by atoms with van der Waals surface area (Å²) >= 11 is 0. The van der Waals surface area contributed by atoms with Gasteiger partial charge in [-0.25, -0.2) is 0 Å². The highest BCUT2D eigenvalue weighted by Gasteiger charge is 2.27. The number of hydrogen-bond acceptors (Lipinski definition) is 4. The Bertz CT molecular complexity index is 599. The topological polar surface area (TPSA) is 58.8 Å². The highest BCUT2D eigenvalue weighted by molar-refractivity contribution is 5.85. The zero-order valence-electron chi connectivity index (χ0n) is 17.0. The van der Waals surface area contributed by atoms with Crippen LogP contribution in [0.1, 0.15) is 38.7 Å². The van der Waals surface area contributed by atoms with Crippen LogP contribution in [0.2, 0.25) is 0 Å². The molecule has 1 aromatic carbocycles. The van der Waals surface area contributed by atoms with Crippen LogP contribution in [0.5, 0.6) is 0 Å². The summed E-state index contributed by atoms with van der Waals surface area (Å²) in [7, 11) is 0. The second-order valence-electron chi connectivity index (χ2n) is 8.00. The maximum atomic E-state index is 12.5. The average molecular weight is 432 g/mol. The molecule has 0 saturated carbocycles. The molecule has 0 radical (unpaired) electrons. The molecule has 2 fully saturated rings. The lowest BCUT2D eigenvalue weighted by Crippen LogP contribution is -2.48. The summed E-state index contributed by atoms with van der Waals surface area (Å²) in [6.45, 7) is 9.30. The van der Waals surface area contributed by atoms with E-state index in [1.54, 1.807) is 0 Å². The van der Waals surface area contributed by atoms with Crippen molar-refractivity contribution in [1.29, 1.82) is 0 Å². The van der Waals surface area contributed by atoms with E-state index in [0.29, 0.717) is 24.5 Å². The number of nitrogens with zero attached hydrogens (tertiary/aromatic N) is 2. The van der Waals surface area contributed by atoms with E-state index in [9.17, 15) is 4.79 Å². The van der Waals surface area contributed by atoms with E-state index in [4.69, 9.17) is 10.5 Å². The highest BCUT2D eigenvalue weighted by atomic mass is 35.5. The zero-order chi connectivity index (χ0) is 18.5. The van der Waals surface area contributed by atoms with E-state index in [1.165, 1.54) is 0 Å². The Morgan fingerprint density at radius 2 is 1.71 bits per heavy atom. The monoisotopic (exact) mass is 431 g/mol. The molecule has 0 aliphatic carbocycles. The van der Waals surface area contributed by atoms with Crippen LogP contribution in [0.15, 0.2) is 24.3 Å². The van der Waals surface area contributed by atoms with Gasteiger partial charge in [0.05, 0.1) is 12.2 Å². The molecule has 2 aliphatic heterocycles. The lowest BCUT2D eigenvalue weighted by molar-refractivity contribution is -0.132. The Morgan fingerprint density at radius 1 is 1.11 bits per heavy atom. The van der Waals surface area contributed by atoms with Crippen molar-refractivity contribution in [3.8, 4) is 0 Å². The van der Waals surface area contributed by atoms with Gasteiger partial charge in [0.15, 0.2) is 0 Å². The molecule has 1 amide bonds. The van der Waals surface area contributed by atoms with Crippen molar-refractivity contribution in [1.82, 2.24) is 9.80 Å². The molecule has 2 N–H and O–H groups in total. The number of carbonyl (C=O) groups excluding carboxylic acids is 1. The number of rotatable bonds is 5. The van der Waals surface area contributed by atoms with Crippen molar-refractivity contribution < 1.29 is 9.53 Å². The van der Waals surface area contributed by atoms with Crippen LogP contribution in [0, 0.1) is 5.92 Å². The van der Waals surface area contributed by atoms with Crippen LogP contribution in [0.4, 0.5) is 5.69 Å². The number of nitrogens with two attached hydrogens (primary N) is 1. The van der Waals surface area contributed by atoms with E-state index in [2.05, 4.69) is 18.7 Å². The minimum atomic E-state index is 0. The molecule has 2 atom stereocenters. The summed E-state index contributed by atoms with van der Waals surface area (Å²) in [5.74, 6) is 0.960. The van der Waals surface area contributed by atoms with Gasteiger partial charge in [0.2, 0.25) is 5.91 Å². The van der Waals surface area contributed by atoms with Crippen LogP contribution in [0.3, 0.4) is 0 Å². The molecular formula is C21H35Cl2N3O2. The number of amides is 1. The summed E-state index contributed by atoms with van der Waals surface area (Å²) in [4.78, 5) is 17.1. The van der Waals surface area contributed by atoms with Crippen LogP contribution in [-0.4, -0.2) is 60.6 Å². The average Bonchev–Trinajstić information content (AvgIpc) is 2.60. The molecule has 0 bridgehead atoms. The Morgan fingerprint density at radius 3 is 2.32 bits per heavy atom. The summed E-state index contributed by atoms with van der Waals surface area (Å²) in [6, 6.07) is 7.83. The van der Waals surface area contributed by atoms with Crippen LogP contribution >= 0.6 is 24.8 Å². The molecule has 0 spiro atoms. The zero-order valence-corrected chi connectivity index (χ0v) is 18.6. The van der Waals surface area contributed by atoms with E-state index >= 15 is 0 Å². The number of halogens is 2. The first-order valence-electron chi connectivity index (χ1n) is 10.00. The molecule has 5 nitrogen and oxygen atoms in total. The predicted molar refractivity (Wildman–Crippen MR) is 119 cm³/mol. The number of anilines is 1. The van der Waals surface area contributed by atoms with E-state index < -0.39 is 0 Å². The standard InChI is InChI=1S/C21H33N3O2.2ClH/c1-16-13-23(14-17(2)26-16)15-18-9-11-24(12-10-18)21(25)8-7-19-5-3-4-6-20(19)22;;/h3-6,16-18H,7-15,22H2,1-2H3;2*1H. The number of hydrogen-bond donors (Lipinski definition) is 1. The molecule has 2 saturated heterocycles. The number of likely N-dealkylation sites (tertiary alicyclic amines) is 1. The fourth-order valence-corrected chi connectivity index (χ4v) is 4.33. The first kappa shape index (κ1) is 25.0. The first-order valence-corrected chi connectivity index (χ1v) is 10.00. The number of nitrogen functional groups attached to an aromatic ring is 1. The maximum Gasteiger partial charge on any atom is 0.222 e. The van der Waals surface area contributed by atoms with Crippen LogP contribution < -0.4 is 5.73 Å². The van der Waals surface area contributed by atoms with E-state index in [0.717, 1.165) is 63.2 Å². The van der Waals surface area contributed by atoms with Crippen molar-refractivity contribution in [2.45, 2.75) is 51.7 Å². The van der Waals surface area contributed by atoms with Gasteiger partial charge < -0.3 is 15.4 Å². The molecular weight excluding hydrogens is 397 g/mol. The fraction of sp³-hybridized carbons (Fsp3) is 0.667. The van der Waals surface area contributed by atoms with Crippen molar-refractivity contribution in [3.63, 3.8) is 0 Å². The fourth-order valence-electron chi connectivity index (χ4n) is 4.33. The lowest BCUT2D eigenvalue weighted by Gasteiger charge is -2.39. The molecule has 2 aliphatic rings. The second-order valence-corrected chi connectivity index (χ2v) is 8.00. The Labute approximate surface area is 181 Å². The van der Waals surface area contributed by atoms with Crippen molar-refractivity contribution >= 4 is 36.4 Å². The SMILES string of the molecule is CC1CN(CC2CCN(C(=O)CCc3ccccc3N)CC2)CC(C)O1.Cl.Cl. The largest absolute Gasteiger partial charge is 0.399 e. The number of benzene rings is 1. The quantitative estimate of drug-likeness (QED) is 0.725. The van der Waals surface area contributed by atoms with E-state index in [-0.39, 0.29) is 30.7 Å². The smallest absolute Gasteiger partial charge is 0.222 e. The molecule has 28 heavy (non-hydrogen) atoms. The number of para-hydroxylation sites is 1. The molecule has 0 aromatic heterocycles. The minimum absolute atomic E-state index is 0. The lowest BCUT2D eigenvalue weighted by atomic mass is 9.95. The van der Waals surface area contributed by atoms with Gasteiger partial charge in [-0.3, -0.25) is 9.69 Å². The van der Waals surface area contributed by atoms with Crippen molar-refractivity contribution in [2.75, 3.05) is 38.5 Å². The van der Waals surface area contributed by atoms with Gasteiger partial charge in [-0.2, -0.15) is 0 Å². The normalized spacial score (nSPS) is 23.6. The second kappa shape index (κ2) is 11.9. The van der Waals surface area contributed by atoms with E-state index in [1.807, 2.05) is 29.2 Å². The third-order valence-corrected chi connectivity index (χ3v) is 5.64. The van der Waals surface area contributed by atoms with Crippen molar-refractivity contribution in [3.05, 3.63) is 29.8 Å². The molecule has 3 rings (SSSR count). The van der Waals surface area contributed by atoms with Crippen molar-refractivity contribution in [2.24, 2.45) is 5.92 Å². The summed E-state index contributed by atoms with van der Waals surface area (Å²) in [6.07, 6.45) is 4.15. The van der Waals surface area contributed by atoms with Crippen LogP contribution in [-0.2, 0) is 16.0 Å². The van der Waals surface area contributed by atoms with Crippen LogP contribution in [0.25, 0.3) is 0 Å². The number of piperidine rings is 1. The van der Waals surface area contributed by atoms with Gasteiger partial charge in [-0.05, 0) is 50.7 Å². The Kier molecular flexibility index (Phi) is 10.6. The molecule has 2 heterocycles. The third kappa shape index (κ3) is 7.11. The molecule has 7 heteroatoms. The number of morpholine rings is 1. The number of carbonyl (C=O) groups is 1. The number of aryl methyl sites for hydroxylation is 1. The van der Waals surface area contributed by atoms with Gasteiger partial charge in [-0.1, -0.05) is 18.2 Å². The molecule has 1 aromatic rings. The minimum Gasteiger partial charge on any atom is -0.399 e. The van der Waals surface area contributed by atoms with Gasteiger partial charge >= 0.3 is 0 Å². The third-order valence-electron chi connectivity index (χ3n) is 5.64. The Balaban J connectivity index is 0.00000196.